The maximum absolute atomic E-state index is 12.0. The SMILES string of the molecule is Cc1ccc(-n2c(=O)[nH]c3cc([N+](=O)[O-])ccc32)cc1. The monoisotopic (exact) mass is 269 g/mol. The topological polar surface area (TPSA) is 80.9 Å². The lowest BCUT2D eigenvalue weighted by Gasteiger charge is -2.03. The van der Waals surface area contributed by atoms with E-state index in [9.17, 15) is 14.9 Å². The van der Waals surface area contributed by atoms with Crippen LogP contribution in [0.25, 0.3) is 16.7 Å². The summed E-state index contributed by atoms with van der Waals surface area (Å²) in [7, 11) is 0. The molecule has 6 heteroatoms. The maximum Gasteiger partial charge on any atom is 0.331 e. The highest BCUT2D eigenvalue weighted by atomic mass is 16.6. The molecule has 0 spiro atoms. The third-order valence-electron chi connectivity index (χ3n) is 3.17. The van der Waals surface area contributed by atoms with E-state index in [0.29, 0.717) is 11.0 Å². The van der Waals surface area contributed by atoms with Crippen molar-refractivity contribution in [2.24, 2.45) is 0 Å². The van der Waals surface area contributed by atoms with E-state index >= 15 is 0 Å². The summed E-state index contributed by atoms with van der Waals surface area (Å²) in [6, 6.07) is 11.8. The average molecular weight is 269 g/mol. The molecule has 3 aromatic rings. The number of aromatic amines is 1. The van der Waals surface area contributed by atoms with E-state index in [2.05, 4.69) is 4.98 Å². The van der Waals surface area contributed by atoms with Crippen LogP contribution in [0.4, 0.5) is 5.69 Å². The predicted molar refractivity (Wildman–Crippen MR) is 75.3 cm³/mol. The minimum absolute atomic E-state index is 0.0465. The van der Waals surface area contributed by atoms with Crippen molar-refractivity contribution in [3.05, 3.63) is 68.6 Å². The summed E-state index contributed by atoms with van der Waals surface area (Å²) in [6.07, 6.45) is 0. The van der Waals surface area contributed by atoms with Crippen LogP contribution < -0.4 is 5.69 Å². The lowest BCUT2D eigenvalue weighted by molar-refractivity contribution is -0.384. The van der Waals surface area contributed by atoms with E-state index in [0.717, 1.165) is 11.3 Å². The maximum atomic E-state index is 12.0. The van der Waals surface area contributed by atoms with Crippen LogP contribution in [0.3, 0.4) is 0 Å². The third kappa shape index (κ3) is 1.87. The molecule has 2 aromatic carbocycles. The molecule has 0 saturated heterocycles. The van der Waals surface area contributed by atoms with Gasteiger partial charge in [-0.1, -0.05) is 17.7 Å². The van der Waals surface area contributed by atoms with Gasteiger partial charge in [0.2, 0.25) is 0 Å². The highest BCUT2D eigenvalue weighted by Gasteiger charge is 2.12. The number of aromatic nitrogens is 2. The molecule has 0 aliphatic carbocycles. The van der Waals surface area contributed by atoms with Crippen LogP contribution in [0, 0.1) is 17.0 Å². The zero-order valence-corrected chi connectivity index (χ0v) is 10.7. The first kappa shape index (κ1) is 12.2. The van der Waals surface area contributed by atoms with Crippen molar-refractivity contribution in [3.63, 3.8) is 0 Å². The number of hydrogen-bond acceptors (Lipinski definition) is 3. The number of aryl methyl sites for hydroxylation is 1. The third-order valence-corrected chi connectivity index (χ3v) is 3.17. The number of imidazole rings is 1. The Morgan fingerprint density at radius 2 is 1.85 bits per heavy atom. The van der Waals surface area contributed by atoms with Gasteiger partial charge in [-0.05, 0) is 25.1 Å². The minimum atomic E-state index is -0.485. The zero-order chi connectivity index (χ0) is 14.3. The Balaban J connectivity index is 2.26. The number of nitrogens with one attached hydrogen (secondary N) is 1. The second kappa shape index (κ2) is 4.34. The molecule has 0 saturated carbocycles. The van der Waals surface area contributed by atoms with Gasteiger partial charge in [-0.15, -0.1) is 0 Å². The standard InChI is InChI=1S/C14H11N3O3/c1-9-2-4-10(5-3-9)16-13-7-6-11(17(19)20)8-12(13)15-14(16)18/h2-8H,1H3,(H,15,18). The van der Waals surface area contributed by atoms with Gasteiger partial charge < -0.3 is 4.98 Å². The summed E-state index contributed by atoms with van der Waals surface area (Å²) < 4.78 is 1.50. The van der Waals surface area contributed by atoms with Crippen LogP contribution >= 0.6 is 0 Å². The first-order valence-electron chi connectivity index (χ1n) is 6.02. The van der Waals surface area contributed by atoms with Gasteiger partial charge >= 0.3 is 5.69 Å². The van der Waals surface area contributed by atoms with Crippen LogP contribution in [0.5, 0.6) is 0 Å². The first-order valence-corrected chi connectivity index (χ1v) is 6.02. The minimum Gasteiger partial charge on any atom is -0.305 e. The summed E-state index contributed by atoms with van der Waals surface area (Å²) in [5, 5.41) is 10.8. The molecule has 0 unspecified atom stereocenters. The van der Waals surface area contributed by atoms with Gasteiger partial charge in [0.1, 0.15) is 0 Å². The number of nitro benzene ring substituents is 1. The molecule has 100 valence electrons. The lowest BCUT2D eigenvalue weighted by Crippen LogP contribution is -2.14. The quantitative estimate of drug-likeness (QED) is 0.573. The van der Waals surface area contributed by atoms with E-state index < -0.39 is 4.92 Å². The summed E-state index contributed by atoms with van der Waals surface area (Å²) >= 11 is 0. The van der Waals surface area contributed by atoms with Crippen molar-refractivity contribution in [3.8, 4) is 5.69 Å². The molecule has 6 nitrogen and oxygen atoms in total. The summed E-state index contributed by atoms with van der Waals surface area (Å²) in [5.74, 6) is 0. The van der Waals surface area contributed by atoms with Gasteiger partial charge in [-0.25, -0.2) is 4.79 Å². The van der Waals surface area contributed by atoms with Crippen molar-refractivity contribution in [2.45, 2.75) is 6.92 Å². The Kier molecular flexibility index (Phi) is 2.64. The largest absolute Gasteiger partial charge is 0.331 e. The Morgan fingerprint density at radius 3 is 2.50 bits per heavy atom. The number of non-ortho nitro benzene ring substituents is 1. The van der Waals surface area contributed by atoms with Gasteiger partial charge in [0.25, 0.3) is 5.69 Å². The van der Waals surface area contributed by atoms with Crippen molar-refractivity contribution >= 4 is 16.7 Å². The molecule has 0 fully saturated rings. The molecule has 1 N–H and O–H groups in total. The van der Waals surface area contributed by atoms with Gasteiger partial charge in [-0.3, -0.25) is 14.7 Å². The molecule has 20 heavy (non-hydrogen) atoms. The second-order valence-corrected chi connectivity index (χ2v) is 4.56. The van der Waals surface area contributed by atoms with Crippen LogP contribution in [0.1, 0.15) is 5.56 Å². The van der Waals surface area contributed by atoms with E-state index in [-0.39, 0.29) is 11.4 Å². The number of nitrogens with zero attached hydrogens (tertiary/aromatic N) is 2. The number of nitro groups is 1. The smallest absolute Gasteiger partial charge is 0.305 e. The molecule has 3 rings (SSSR count). The van der Waals surface area contributed by atoms with E-state index in [1.807, 2.05) is 31.2 Å². The Labute approximate surface area is 113 Å². The normalized spacial score (nSPS) is 10.8. The fourth-order valence-corrected chi connectivity index (χ4v) is 2.16. The summed E-state index contributed by atoms with van der Waals surface area (Å²) in [5.41, 5.74) is 2.52. The molecule has 1 aromatic heterocycles. The molecule has 0 atom stereocenters. The molecule has 0 radical (unpaired) electrons. The number of hydrogen-bond donors (Lipinski definition) is 1. The van der Waals surface area contributed by atoms with Gasteiger partial charge in [0, 0.05) is 12.1 Å². The summed E-state index contributed by atoms with van der Waals surface area (Å²) in [4.78, 5) is 24.9. The zero-order valence-electron chi connectivity index (χ0n) is 10.7. The number of rotatable bonds is 2. The van der Waals surface area contributed by atoms with E-state index in [1.54, 1.807) is 6.07 Å². The molecule has 0 amide bonds. The highest BCUT2D eigenvalue weighted by molar-refractivity contribution is 5.79. The van der Waals surface area contributed by atoms with Crippen LogP contribution in [0.2, 0.25) is 0 Å². The molecule has 0 aliphatic heterocycles. The average Bonchev–Trinajstić information content (AvgIpc) is 2.74. The fourth-order valence-electron chi connectivity index (χ4n) is 2.16. The molecule has 1 heterocycles. The Bertz CT molecular complexity index is 859. The number of benzene rings is 2. The lowest BCUT2D eigenvalue weighted by atomic mass is 10.2. The Morgan fingerprint density at radius 1 is 1.15 bits per heavy atom. The fraction of sp³-hybridized carbons (Fsp3) is 0.0714. The molecule has 0 bridgehead atoms. The predicted octanol–water partition coefficient (Wildman–Crippen LogP) is 2.54. The van der Waals surface area contributed by atoms with E-state index in [1.165, 1.54) is 16.7 Å². The van der Waals surface area contributed by atoms with Crippen molar-refractivity contribution in [1.82, 2.24) is 9.55 Å². The van der Waals surface area contributed by atoms with Crippen LogP contribution in [-0.2, 0) is 0 Å². The van der Waals surface area contributed by atoms with Crippen LogP contribution in [0.15, 0.2) is 47.3 Å². The van der Waals surface area contributed by atoms with Crippen LogP contribution in [-0.4, -0.2) is 14.5 Å². The number of H-pyrrole nitrogens is 1. The Hall–Kier alpha value is -2.89. The van der Waals surface area contributed by atoms with Gasteiger partial charge in [0.05, 0.1) is 21.6 Å². The highest BCUT2D eigenvalue weighted by Crippen LogP contribution is 2.20. The van der Waals surface area contributed by atoms with Crippen molar-refractivity contribution < 1.29 is 4.92 Å². The molecular formula is C14H11N3O3. The summed E-state index contributed by atoms with van der Waals surface area (Å²) in [6.45, 7) is 1.96. The van der Waals surface area contributed by atoms with E-state index in [4.69, 9.17) is 0 Å². The second-order valence-electron chi connectivity index (χ2n) is 4.56. The molecule has 0 aliphatic rings. The van der Waals surface area contributed by atoms with Gasteiger partial charge in [0.15, 0.2) is 0 Å². The first-order chi connectivity index (χ1) is 9.56. The number of fused-ring (bicyclic) bond motifs is 1. The molecular weight excluding hydrogens is 258 g/mol. The van der Waals surface area contributed by atoms with Crippen molar-refractivity contribution in [1.29, 1.82) is 0 Å². The van der Waals surface area contributed by atoms with Crippen molar-refractivity contribution in [2.75, 3.05) is 0 Å². The van der Waals surface area contributed by atoms with Gasteiger partial charge in [-0.2, -0.15) is 0 Å².